The lowest BCUT2D eigenvalue weighted by molar-refractivity contribution is -0.141. The zero-order valence-corrected chi connectivity index (χ0v) is 19.3. The molecular formula is C22H21F5N4O3S. The molecule has 2 heterocycles. The van der Waals surface area contributed by atoms with Crippen LogP contribution in [0, 0.1) is 17.6 Å². The van der Waals surface area contributed by atoms with Crippen LogP contribution in [0.3, 0.4) is 0 Å². The van der Waals surface area contributed by atoms with Gasteiger partial charge in [-0.25, -0.2) is 17.2 Å². The van der Waals surface area contributed by atoms with E-state index >= 15 is 4.39 Å². The number of hydrogen-bond acceptors (Lipinski definition) is 6. The van der Waals surface area contributed by atoms with Crippen LogP contribution in [0.1, 0.15) is 43.9 Å². The molecule has 13 heteroatoms. The molecule has 1 fully saturated rings. The van der Waals surface area contributed by atoms with Gasteiger partial charge in [-0.2, -0.15) is 22.5 Å². The molecule has 35 heavy (non-hydrogen) atoms. The zero-order valence-electron chi connectivity index (χ0n) is 18.5. The fraction of sp³-hybridized carbons (Fsp3) is 0.409. The minimum Gasteiger partial charge on any atom is -0.342 e. The third kappa shape index (κ3) is 5.20. The Labute approximate surface area is 198 Å². The Morgan fingerprint density at radius 3 is 2.43 bits per heavy atom. The molecule has 4 rings (SSSR count). The van der Waals surface area contributed by atoms with E-state index in [2.05, 4.69) is 19.6 Å². The van der Waals surface area contributed by atoms with Crippen molar-refractivity contribution in [1.82, 2.24) is 19.4 Å². The number of aromatic nitrogens is 3. The number of benzene rings is 1. The van der Waals surface area contributed by atoms with Crippen molar-refractivity contribution in [3.8, 4) is 11.4 Å². The fourth-order valence-corrected chi connectivity index (χ4v) is 5.95. The number of alkyl halides is 3. The zero-order chi connectivity index (χ0) is 25.4. The molecule has 0 aliphatic heterocycles. The third-order valence-corrected chi connectivity index (χ3v) is 7.99. The highest BCUT2D eigenvalue weighted by molar-refractivity contribution is 7.89. The van der Waals surface area contributed by atoms with E-state index in [1.54, 1.807) is 0 Å². The maximum absolute atomic E-state index is 15.0. The van der Waals surface area contributed by atoms with Crippen LogP contribution in [0.5, 0.6) is 0 Å². The van der Waals surface area contributed by atoms with Crippen molar-refractivity contribution in [3.05, 3.63) is 59.7 Å². The molecule has 0 radical (unpaired) electrons. The average molecular weight is 516 g/mol. The molecule has 3 aromatic rings. The van der Waals surface area contributed by atoms with Crippen molar-refractivity contribution in [2.45, 2.75) is 56.3 Å². The smallest absolute Gasteiger partial charge is 0.342 e. The lowest BCUT2D eigenvalue weighted by Gasteiger charge is -2.37. The molecule has 0 saturated heterocycles. The summed E-state index contributed by atoms with van der Waals surface area (Å²) < 4.78 is 101. The van der Waals surface area contributed by atoms with Crippen LogP contribution in [-0.4, -0.2) is 33.9 Å². The Morgan fingerprint density at radius 2 is 1.83 bits per heavy atom. The van der Waals surface area contributed by atoms with E-state index in [0.717, 1.165) is 48.2 Å². The van der Waals surface area contributed by atoms with Gasteiger partial charge in [0.1, 0.15) is 22.2 Å². The van der Waals surface area contributed by atoms with Crippen LogP contribution in [-0.2, 0) is 22.7 Å². The summed E-state index contributed by atoms with van der Waals surface area (Å²) in [6.45, 7) is 1.33. The molecule has 0 N–H and O–H groups in total. The van der Waals surface area contributed by atoms with Crippen LogP contribution in [0.15, 0.2) is 46.3 Å². The van der Waals surface area contributed by atoms with Gasteiger partial charge in [0, 0.05) is 24.3 Å². The molecule has 0 spiro atoms. The molecular weight excluding hydrogens is 495 g/mol. The predicted octanol–water partition coefficient (Wildman–Crippen LogP) is 5.20. The number of hydrogen-bond donors (Lipinski definition) is 0. The Balaban J connectivity index is 1.73. The largest absolute Gasteiger partial charge is 0.433 e. The second kappa shape index (κ2) is 9.61. The van der Waals surface area contributed by atoms with Crippen LogP contribution >= 0.6 is 0 Å². The highest BCUT2D eigenvalue weighted by Gasteiger charge is 2.38. The first-order chi connectivity index (χ1) is 16.5. The van der Waals surface area contributed by atoms with Crippen molar-refractivity contribution in [2.24, 2.45) is 5.92 Å². The van der Waals surface area contributed by atoms with Gasteiger partial charge in [-0.05, 0) is 43.0 Å². The summed E-state index contributed by atoms with van der Waals surface area (Å²) >= 11 is 0. The Morgan fingerprint density at radius 1 is 1.09 bits per heavy atom. The van der Waals surface area contributed by atoms with E-state index in [1.165, 1.54) is 0 Å². The number of halogens is 5. The predicted molar refractivity (Wildman–Crippen MR) is 113 cm³/mol. The van der Waals surface area contributed by atoms with E-state index in [9.17, 15) is 26.0 Å². The molecule has 2 atom stereocenters. The summed E-state index contributed by atoms with van der Waals surface area (Å²) in [4.78, 5) is 6.48. The van der Waals surface area contributed by atoms with Crippen molar-refractivity contribution in [1.29, 1.82) is 0 Å². The van der Waals surface area contributed by atoms with Crippen molar-refractivity contribution in [2.75, 3.05) is 0 Å². The highest BCUT2D eigenvalue weighted by Crippen LogP contribution is 2.35. The number of nitrogens with zero attached hydrogens (tertiary/aromatic N) is 4. The van der Waals surface area contributed by atoms with Gasteiger partial charge in [0.15, 0.2) is 0 Å². The Bertz CT molecular complexity index is 1280. The van der Waals surface area contributed by atoms with Crippen molar-refractivity contribution < 1.29 is 34.9 Å². The van der Waals surface area contributed by atoms with Gasteiger partial charge >= 0.3 is 6.18 Å². The van der Waals surface area contributed by atoms with Gasteiger partial charge in [-0.3, -0.25) is 4.98 Å². The topological polar surface area (TPSA) is 89.2 Å². The number of rotatable bonds is 6. The number of pyridine rings is 1. The lowest BCUT2D eigenvalue weighted by Crippen LogP contribution is -2.45. The van der Waals surface area contributed by atoms with Crippen LogP contribution in [0.4, 0.5) is 22.0 Å². The molecule has 1 aliphatic rings. The fourth-order valence-electron chi connectivity index (χ4n) is 4.28. The van der Waals surface area contributed by atoms with E-state index < -0.39 is 51.0 Å². The standard InChI is InChI=1S/C22H21F5N4O3S/c1-13-4-2-3-5-19(13)31(35(32,33)15-6-7-20(28-10-15)22(25,26)27)11-14-8-18(24)16(9-17(14)23)21-29-12-34-30-21/h6-10,12-13,19H,2-5,11H2,1H3/t13-,19-/m1/s1. The maximum atomic E-state index is 15.0. The van der Waals surface area contributed by atoms with Gasteiger partial charge in [0.05, 0.1) is 5.56 Å². The second-order valence-electron chi connectivity index (χ2n) is 8.43. The van der Waals surface area contributed by atoms with Crippen LogP contribution < -0.4 is 0 Å². The van der Waals surface area contributed by atoms with Crippen LogP contribution in [0.25, 0.3) is 11.4 Å². The molecule has 0 amide bonds. The van der Waals surface area contributed by atoms with Gasteiger partial charge in [0.2, 0.25) is 22.2 Å². The highest BCUT2D eigenvalue weighted by atomic mass is 32.2. The molecule has 1 saturated carbocycles. The first kappa shape index (κ1) is 25.2. The molecule has 0 bridgehead atoms. The molecule has 188 valence electrons. The molecule has 0 unspecified atom stereocenters. The first-order valence-corrected chi connectivity index (χ1v) is 12.2. The molecule has 1 aliphatic carbocycles. The molecule has 7 nitrogen and oxygen atoms in total. The molecule has 1 aromatic carbocycles. The third-order valence-electron chi connectivity index (χ3n) is 6.13. The SMILES string of the molecule is C[C@@H]1CCCC[C@H]1N(Cc1cc(F)c(-c2ncon2)cc1F)S(=O)(=O)c1ccc(C(F)(F)F)nc1. The molecule has 2 aromatic heterocycles. The van der Waals surface area contributed by atoms with Crippen LogP contribution in [0.2, 0.25) is 0 Å². The second-order valence-corrected chi connectivity index (χ2v) is 10.3. The van der Waals surface area contributed by atoms with Gasteiger partial charge in [-0.1, -0.05) is 24.9 Å². The monoisotopic (exact) mass is 516 g/mol. The van der Waals surface area contributed by atoms with Crippen molar-refractivity contribution in [3.63, 3.8) is 0 Å². The summed E-state index contributed by atoms with van der Waals surface area (Å²) in [6, 6.07) is 2.55. The summed E-state index contributed by atoms with van der Waals surface area (Å²) in [7, 11) is -4.40. The van der Waals surface area contributed by atoms with E-state index in [4.69, 9.17) is 0 Å². The normalized spacial score (nSPS) is 19.3. The van der Waals surface area contributed by atoms with Gasteiger partial charge in [0.25, 0.3) is 0 Å². The lowest BCUT2D eigenvalue weighted by atomic mass is 9.86. The minimum atomic E-state index is -4.74. The Hall–Kier alpha value is -2.93. The summed E-state index contributed by atoms with van der Waals surface area (Å²) in [5, 5.41) is 3.48. The van der Waals surface area contributed by atoms with Gasteiger partial charge in [-0.15, -0.1) is 0 Å². The first-order valence-electron chi connectivity index (χ1n) is 10.8. The average Bonchev–Trinajstić information content (AvgIpc) is 3.34. The summed E-state index contributed by atoms with van der Waals surface area (Å²) in [5.74, 6) is -2.05. The van der Waals surface area contributed by atoms with E-state index in [-0.39, 0.29) is 22.9 Å². The van der Waals surface area contributed by atoms with Crippen molar-refractivity contribution >= 4 is 10.0 Å². The minimum absolute atomic E-state index is 0.104. The summed E-state index contributed by atoms with van der Waals surface area (Å²) in [6.07, 6.45) is -0.349. The van der Waals surface area contributed by atoms with Gasteiger partial charge < -0.3 is 4.52 Å². The maximum Gasteiger partial charge on any atom is 0.433 e. The quantitative estimate of drug-likeness (QED) is 0.419. The Kier molecular flexibility index (Phi) is 6.91. The van der Waals surface area contributed by atoms with E-state index in [1.807, 2.05) is 6.92 Å². The van der Waals surface area contributed by atoms with E-state index in [0.29, 0.717) is 18.7 Å². The number of sulfonamides is 1. The summed E-state index contributed by atoms with van der Waals surface area (Å²) in [5.41, 5.74) is -1.73.